The Hall–Kier alpha value is -0.390. The number of unbranched alkanes of at least 4 members (excludes halogenated alkanes) is 9. The second-order valence-corrected chi connectivity index (χ2v) is 8.55. The summed E-state index contributed by atoms with van der Waals surface area (Å²) in [4.78, 5) is -0.0855. The van der Waals surface area contributed by atoms with E-state index in [2.05, 4.69) is 6.92 Å². The van der Waals surface area contributed by atoms with Gasteiger partial charge in [-0.25, -0.2) is 8.42 Å². The summed E-state index contributed by atoms with van der Waals surface area (Å²) in [6.45, 7) is 2.24. The third-order valence-electron chi connectivity index (χ3n) is 4.97. The number of benzene rings is 2. The molecule has 2 rings (SSSR count). The van der Waals surface area contributed by atoms with Gasteiger partial charge in [0.15, 0.2) is 0 Å². The van der Waals surface area contributed by atoms with Crippen LogP contribution in [0.4, 0.5) is 0 Å². The van der Waals surface area contributed by atoms with Crippen LogP contribution in [0.1, 0.15) is 76.7 Å². The molecule has 0 aliphatic rings. The smallest absolute Gasteiger partial charge is 0.744 e. The SMILES string of the molecule is CCCCCCCCCCCCc1cc(S(=O)(=O)[O-])c2ccccc2c1.[Na+]. The predicted octanol–water partition coefficient (Wildman–Crippen LogP) is 3.21. The zero-order valence-electron chi connectivity index (χ0n) is 16.9. The van der Waals surface area contributed by atoms with Gasteiger partial charge in [-0.3, -0.25) is 0 Å². The molecule has 0 aromatic heterocycles. The van der Waals surface area contributed by atoms with Gasteiger partial charge in [0, 0.05) is 0 Å². The van der Waals surface area contributed by atoms with Crippen LogP contribution in [0.2, 0.25) is 0 Å². The number of hydrogen-bond donors (Lipinski definition) is 0. The maximum atomic E-state index is 11.6. The molecule has 0 saturated heterocycles. The fraction of sp³-hybridized carbons (Fsp3) is 0.545. The molecule has 0 spiro atoms. The van der Waals surface area contributed by atoms with Crippen molar-refractivity contribution in [2.24, 2.45) is 0 Å². The zero-order valence-corrected chi connectivity index (χ0v) is 19.7. The molecule has 0 atom stereocenters. The van der Waals surface area contributed by atoms with Gasteiger partial charge in [-0.05, 0) is 35.2 Å². The zero-order chi connectivity index (χ0) is 18.8. The number of aryl methyl sites for hydroxylation is 1. The molecule has 0 heterocycles. The minimum absolute atomic E-state index is 0. The van der Waals surface area contributed by atoms with Crippen LogP contribution in [0.5, 0.6) is 0 Å². The van der Waals surface area contributed by atoms with Crippen molar-refractivity contribution < 1.29 is 42.5 Å². The van der Waals surface area contributed by atoms with Crippen molar-refractivity contribution in [3.63, 3.8) is 0 Å². The molecule has 27 heavy (non-hydrogen) atoms. The largest absolute Gasteiger partial charge is 1.00 e. The number of fused-ring (bicyclic) bond motifs is 1. The normalized spacial score (nSPS) is 11.5. The Morgan fingerprint density at radius 1 is 0.815 bits per heavy atom. The average Bonchev–Trinajstić information content (AvgIpc) is 2.62. The van der Waals surface area contributed by atoms with Crippen LogP contribution in [0, 0.1) is 0 Å². The third-order valence-corrected chi connectivity index (χ3v) is 5.85. The van der Waals surface area contributed by atoms with E-state index in [1.807, 2.05) is 18.2 Å². The monoisotopic (exact) mass is 398 g/mol. The minimum Gasteiger partial charge on any atom is -0.744 e. The van der Waals surface area contributed by atoms with Crippen LogP contribution in [-0.2, 0) is 16.5 Å². The van der Waals surface area contributed by atoms with E-state index in [1.165, 1.54) is 51.4 Å². The van der Waals surface area contributed by atoms with E-state index >= 15 is 0 Å². The molecule has 0 saturated carbocycles. The van der Waals surface area contributed by atoms with Crippen molar-refractivity contribution in [3.8, 4) is 0 Å². The van der Waals surface area contributed by atoms with Gasteiger partial charge in [0.05, 0.1) is 4.90 Å². The maximum Gasteiger partial charge on any atom is 1.00 e. The van der Waals surface area contributed by atoms with Crippen LogP contribution in [-0.4, -0.2) is 13.0 Å². The van der Waals surface area contributed by atoms with E-state index in [0.29, 0.717) is 5.39 Å². The molecular formula is C22H31NaO3S. The molecule has 0 N–H and O–H groups in total. The quantitative estimate of drug-likeness (QED) is 0.313. The van der Waals surface area contributed by atoms with Gasteiger partial charge in [0.25, 0.3) is 0 Å². The van der Waals surface area contributed by atoms with Gasteiger partial charge in [-0.2, -0.15) is 0 Å². The Bertz CT molecular complexity index is 787. The van der Waals surface area contributed by atoms with Crippen molar-refractivity contribution in [2.45, 2.75) is 82.4 Å². The Morgan fingerprint density at radius 3 is 1.96 bits per heavy atom. The van der Waals surface area contributed by atoms with Crippen LogP contribution in [0.15, 0.2) is 41.3 Å². The molecule has 144 valence electrons. The molecular weight excluding hydrogens is 367 g/mol. The number of rotatable bonds is 12. The van der Waals surface area contributed by atoms with Crippen molar-refractivity contribution in [1.82, 2.24) is 0 Å². The first-order valence-corrected chi connectivity index (χ1v) is 11.4. The van der Waals surface area contributed by atoms with Crippen LogP contribution >= 0.6 is 0 Å². The van der Waals surface area contributed by atoms with Gasteiger partial charge >= 0.3 is 29.6 Å². The van der Waals surface area contributed by atoms with E-state index in [9.17, 15) is 13.0 Å². The summed E-state index contributed by atoms with van der Waals surface area (Å²) in [5.74, 6) is 0. The molecule has 0 unspecified atom stereocenters. The summed E-state index contributed by atoms with van der Waals surface area (Å²) >= 11 is 0. The molecule has 0 amide bonds. The molecule has 0 fully saturated rings. The van der Waals surface area contributed by atoms with Crippen LogP contribution in [0.3, 0.4) is 0 Å². The average molecular weight is 399 g/mol. The predicted molar refractivity (Wildman–Crippen MR) is 107 cm³/mol. The molecule has 0 radical (unpaired) electrons. The molecule has 0 aliphatic carbocycles. The third kappa shape index (κ3) is 8.66. The van der Waals surface area contributed by atoms with E-state index in [4.69, 9.17) is 0 Å². The van der Waals surface area contributed by atoms with Gasteiger partial charge in [-0.15, -0.1) is 0 Å². The van der Waals surface area contributed by atoms with Crippen molar-refractivity contribution in [3.05, 3.63) is 42.0 Å². The van der Waals surface area contributed by atoms with Gasteiger partial charge in [-0.1, -0.05) is 95.0 Å². The van der Waals surface area contributed by atoms with Crippen molar-refractivity contribution >= 4 is 20.9 Å². The summed E-state index contributed by atoms with van der Waals surface area (Å²) in [7, 11) is -4.45. The summed E-state index contributed by atoms with van der Waals surface area (Å²) in [5, 5.41) is 1.35. The second kappa shape index (κ2) is 12.9. The summed E-state index contributed by atoms with van der Waals surface area (Å²) < 4.78 is 34.8. The number of hydrogen-bond acceptors (Lipinski definition) is 3. The molecule has 3 nitrogen and oxygen atoms in total. The molecule has 5 heteroatoms. The van der Waals surface area contributed by atoms with Gasteiger partial charge in [0.2, 0.25) is 0 Å². The summed E-state index contributed by atoms with van der Waals surface area (Å²) in [5.41, 5.74) is 0.942. The van der Waals surface area contributed by atoms with Crippen molar-refractivity contribution in [2.75, 3.05) is 0 Å². The molecule has 2 aromatic rings. The summed E-state index contributed by atoms with van der Waals surface area (Å²) in [6.07, 6.45) is 13.6. The first kappa shape index (κ1) is 24.6. The first-order chi connectivity index (χ1) is 12.5. The van der Waals surface area contributed by atoms with Crippen LogP contribution in [0.25, 0.3) is 10.8 Å². The fourth-order valence-electron chi connectivity index (χ4n) is 3.50. The second-order valence-electron chi connectivity index (χ2n) is 7.20. The van der Waals surface area contributed by atoms with E-state index in [0.717, 1.165) is 30.2 Å². The van der Waals surface area contributed by atoms with Gasteiger partial charge < -0.3 is 4.55 Å². The fourth-order valence-corrected chi connectivity index (χ4v) is 4.25. The Balaban J connectivity index is 0.00000364. The summed E-state index contributed by atoms with van der Waals surface area (Å²) in [6, 6.07) is 10.8. The molecule has 0 aliphatic heterocycles. The van der Waals surface area contributed by atoms with Crippen molar-refractivity contribution in [1.29, 1.82) is 0 Å². The molecule has 2 aromatic carbocycles. The Labute approximate surface area is 187 Å². The Morgan fingerprint density at radius 2 is 1.37 bits per heavy atom. The molecule has 0 bridgehead atoms. The Kier molecular flexibility index (Phi) is 11.8. The van der Waals surface area contributed by atoms with E-state index < -0.39 is 10.1 Å². The van der Waals surface area contributed by atoms with E-state index in [1.54, 1.807) is 18.2 Å². The van der Waals surface area contributed by atoms with Crippen LogP contribution < -0.4 is 29.6 Å². The topological polar surface area (TPSA) is 57.2 Å². The maximum absolute atomic E-state index is 11.6. The van der Waals surface area contributed by atoms with Gasteiger partial charge in [0.1, 0.15) is 10.1 Å². The standard InChI is InChI=1S/C22H32O3S.Na/c1-2-3-4-5-6-7-8-9-10-11-14-19-17-20-15-12-13-16-21(20)22(18-19)26(23,24)25;/h12-13,15-18H,2-11,14H2,1H3,(H,23,24,25);/q;+1/p-1. The van der Waals surface area contributed by atoms with E-state index in [-0.39, 0.29) is 34.5 Å². The minimum atomic E-state index is -4.45. The first-order valence-electron chi connectivity index (χ1n) is 10.00.